The Labute approximate surface area is 163 Å². The molecule has 2 N–H and O–H groups in total. The van der Waals surface area contributed by atoms with Gasteiger partial charge in [0.2, 0.25) is 5.91 Å². The number of hydrogen-bond acceptors (Lipinski definition) is 4. The van der Waals surface area contributed by atoms with Crippen LogP contribution in [0.15, 0.2) is 18.2 Å². The van der Waals surface area contributed by atoms with Crippen LogP contribution in [0.4, 0.5) is 5.69 Å². The fraction of sp³-hybridized carbons (Fsp3) is 0.682. The summed E-state index contributed by atoms with van der Waals surface area (Å²) in [5, 5.41) is 6.54. The number of benzene rings is 1. The molecule has 0 radical (unpaired) electrons. The zero-order valence-corrected chi connectivity index (χ0v) is 16.9. The lowest BCUT2D eigenvalue weighted by molar-refractivity contribution is -0.120. The molecule has 1 saturated heterocycles. The Hall–Kier alpha value is -1.59. The minimum absolute atomic E-state index is 0.151. The van der Waals surface area contributed by atoms with Crippen LogP contribution < -0.4 is 15.4 Å². The Morgan fingerprint density at radius 2 is 2.00 bits per heavy atom. The molecule has 0 bridgehead atoms. The Bertz CT molecular complexity index is 608. The molecular formula is C22H35N3O2. The maximum absolute atomic E-state index is 12.6. The highest BCUT2D eigenvalue weighted by Crippen LogP contribution is 2.30. The number of nitrogens with zero attached hydrogens (tertiary/aromatic N) is 1. The van der Waals surface area contributed by atoms with Crippen molar-refractivity contribution >= 4 is 11.6 Å². The van der Waals surface area contributed by atoms with Crippen molar-refractivity contribution < 1.29 is 9.53 Å². The van der Waals surface area contributed by atoms with Gasteiger partial charge < -0.3 is 15.4 Å². The summed E-state index contributed by atoms with van der Waals surface area (Å²) in [6.45, 7) is 9.24. The number of carbonyl (C=O) groups excluding carboxylic acids is 1. The first-order valence-corrected chi connectivity index (χ1v) is 10.7. The Balaban J connectivity index is 1.65. The van der Waals surface area contributed by atoms with Crippen molar-refractivity contribution in [2.75, 3.05) is 38.1 Å². The van der Waals surface area contributed by atoms with Crippen molar-refractivity contribution in [3.05, 3.63) is 23.8 Å². The van der Waals surface area contributed by atoms with Crippen molar-refractivity contribution in [3.8, 4) is 5.75 Å². The lowest BCUT2D eigenvalue weighted by Crippen LogP contribution is -2.48. The fourth-order valence-corrected chi connectivity index (χ4v) is 4.26. The van der Waals surface area contributed by atoms with Crippen LogP contribution in [-0.2, 0) is 11.2 Å². The zero-order valence-electron chi connectivity index (χ0n) is 16.9. The first-order chi connectivity index (χ1) is 13.2. The summed E-state index contributed by atoms with van der Waals surface area (Å²) in [5.74, 6) is 1.10. The van der Waals surface area contributed by atoms with Crippen LogP contribution in [0.2, 0.25) is 0 Å². The highest BCUT2D eigenvalue weighted by Gasteiger charge is 2.22. The number of amides is 1. The fourth-order valence-electron chi connectivity index (χ4n) is 4.26. The molecule has 1 atom stereocenters. The molecule has 3 rings (SSSR count). The van der Waals surface area contributed by atoms with E-state index in [0.717, 1.165) is 56.9 Å². The quantitative estimate of drug-likeness (QED) is 0.769. The average Bonchev–Trinajstić information content (AvgIpc) is 2.71. The summed E-state index contributed by atoms with van der Waals surface area (Å²) in [5.41, 5.74) is 2.08. The second-order valence-corrected chi connectivity index (χ2v) is 7.93. The van der Waals surface area contributed by atoms with Crippen LogP contribution in [0.3, 0.4) is 0 Å². The molecular weight excluding hydrogens is 338 g/mol. The standard InChI is InChI=1S/C22H35N3O2/c1-3-27-21-16-18(15-17(2)25-13-11-23-12-14-25)9-10-20(21)24-22(26)19-7-5-4-6-8-19/h9-10,16-17,19,23H,3-8,11-15H2,1-2H3,(H,24,26). The third kappa shape index (κ3) is 5.69. The number of hydrogen-bond donors (Lipinski definition) is 2. The van der Waals surface area contributed by atoms with E-state index >= 15 is 0 Å². The summed E-state index contributed by atoms with van der Waals surface area (Å²) < 4.78 is 5.85. The van der Waals surface area contributed by atoms with Crippen molar-refractivity contribution in [2.24, 2.45) is 5.92 Å². The second kappa shape index (κ2) is 10.1. The smallest absolute Gasteiger partial charge is 0.227 e. The van der Waals surface area contributed by atoms with Gasteiger partial charge >= 0.3 is 0 Å². The average molecular weight is 374 g/mol. The molecule has 27 heavy (non-hydrogen) atoms. The molecule has 1 aliphatic heterocycles. The lowest BCUT2D eigenvalue weighted by Gasteiger charge is -2.33. The minimum atomic E-state index is 0.151. The molecule has 0 aromatic heterocycles. The highest BCUT2D eigenvalue weighted by molar-refractivity contribution is 5.94. The van der Waals surface area contributed by atoms with E-state index in [9.17, 15) is 4.79 Å². The predicted octanol–water partition coefficient (Wildman–Crippen LogP) is 3.44. The molecule has 1 heterocycles. The summed E-state index contributed by atoms with van der Waals surface area (Å²) >= 11 is 0. The number of carbonyl (C=O) groups is 1. The van der Waals surface area contributed by atoms with Crippen LogP contribution in [0, 0.1) is 5.92 Å². The van der Waals surface area contributed by atoms with Crippen molar-refractivity contribution in [3.63, 3.8) is 0 Å². The normalized spacial score (nSPS) is 20.2. The second-order valence-electron chi connectivity index (χ2n) is 7.93. The van der Waals surface area contributed by atoms with E-state index < -0.39 is 0 Å². The molecule has 150 valence electrons. The minimum Gasteiger partial charge on any atom is -0.492 e. The van der Waals surface area contributed by atoms with Gasteiger partial charge in [-0.2, -0.15) is 0 Å². The number of ether oxygens (including phenoxy) is 1. The third-order valence-corrected chi connectivity index (χ3v) is 5.89. The Morgan fingerprint density at radius 3 is 2.70 bits per heavy atom. The van der Waals surface area contributed by atoms with E-state index in [-0.39, 0.29) is 11.8 Å². The molecule has 2 fully saturated rings. The van der Waals surface area contributed by atoms with Crippen LogP contribution in [0.5, 0.6) is 5.75 Å². The van der Waals surface area contributed by atoms with Crippen LogP contribution >= 0.6 is 0 Å². The van der Waals surface area contributed by atoms with Gasteiger partial charge in [-0.3, -0.25) is 9.69 Å². The largest absolute Gasteiger partial charge is 0.492 e. The molecule has 2 aliphatic rings. The van der Waals surface area contributed by atoms with Crippen molar-refractivity contribution in [2.45, 2.75) is 58.4 Å². The van der Waals surface area contributed by atoms with E-state index in [4.69, 9.17) is 4.74 Å². The van der Waals surface area contributed by atoms with E-state index in [1.807, 2.05) is 13.0 Å². The van der Waals surface area contributed by atoms with Crippen molar-refractivity contribution in [1.82, 2.24) is 10.2 Å². The van der Waals surface area contributed by atoms with E-state index in [0.29, 0.717) is 12.6 Å². The molecule has 1 saturated carbocycles. The summed E-state index contributed by atoms with van der Waals surface area (Å²) in [6.07, 6.45) is 6.61. The molecule has 1 aromatic carbocycles. The predicted molar refractivity (Wildman–Crippen MR) is 110 cm³/mol. The van der Waals surface area contributed by atoms with E-state index in [1.165, 1.54) is 24.8 Å². The molecule has 1 unspecified atom stereocenters. The molecule has 1 aromatic rings. The van der Waals surface area contributed by atoms with Crippen LogP contribution in [0.25, 0.3) is 0 Å². The van der Waals surface area contributed by atoms with Gasteiger partial charge in [-0.05, 0) is 50.8 Å². The summed E-state index contributed by atoms with van der Waals surface area (Å²) in [6, 6.07) is 6.77. The van der Waals surface area contributed by atoms with Gasteiger partial charge in [-0.25, -0.2) is 0 Å². The number of nitrogens with one attached hydrogen (secondary N) is 2. The number of piperazine rings is 1. The van der Waals surface area contributed by atoms with Crippen LogP contribution in [-0.4, -0.2) is 49.6 Å². The maximum atomic E-state index is 12.6. The SMILES string of the molecule is CCOc1cc(CC(C)N2CCNCC2)ccc1NC(=O)C1CCCCC1. The molecule has 5 heteroatoms. The lowest BCUT2D eigenvalue weighted by atomic mass is 9.88. The topological polar surface area (TPSA) is 53.6 Å². The zero-order chi connectivity index (χ0) is 19.1. The highest BCUT2D eigenvalue weighted by atomic mass is 16.5. The molecule has 1 amide bonds. The van der Waals surface area contributed by atoms with E-state index in [1.54, 1.807) is 0 Å². The van der Waals surface area contributed by atoms with Crippen LogP contribution in [0.1, 0.15) is 51.5 Å². The number of anilines is 1. The first-order valence-electron chi connectivity index (χ1n) is 10.7. The van der Waals surface area contributed by atoms with Gasteiger partial charge in [0.15, 0.2) is 0 Å². The molecule has 1 aliphatic carbocycles. The van der Waals surface area contributed by atoms with Crippen molar-refractivity contribution in [1.29, 1.82) is 0 Å². The Kier molecular flexibility index (Phi) is 7.53. The monoisotopic (exact) mass is 373 g/mol. The first kappa shape index (κ1) is 20.2. The van der Waals surface area contributed by atoms with Gasteiger partial charge in [-0.15, -0.1) is 0 Å². The summed E-state index contributed by atoms with van der Waals surface area (Å²) in [7, 11) is 0. The van der Waals surface area contributed by atoms with E-state index in [2.05, 4.69) is 34.6 Å². The third-order valence-electron chi connectivity index (χ3n) is 5.89. The van der Waals surface area contributed by atoms with Gasteiger partial charge in [0, 0.05) is 38.1 Å². The summed E-state index contributed by atoms with van der Waals surface area (Å²) in [4.78, 5) is 15.2. The molecule has 5 nitrogen and oxygen atoms in total. The number of rotatable bonds is 7. The Morgan fingerprint density at radius 1 is 1.26 bits per heavy atom. The van der Waals surface area contributed by atoms with Gasteiger partial charge in [0.05, 0.1) is 12.3 Å². The molecule has 0 spiro atoms. The van der Waals surface area contributed by atoms with Gasteiger partial charge in [0.1, 0.15) is 5.75 Å². The van der Waals surface area contributed by atoms with Gasteiger partial charge in [0.25, 0.3) is 0 Å². The maximum Gasteiger partial charge on any atom is 0.227 e. The van der Waals surface area contributed by atoms with Gasteiger partial charge in [-0.1, -0.05) is 25.3 Å².